The van der Waals surface area contributed by atoms with E-state index >= 15 is 0 Å². The van der Waals surface area contributed by atoms with Crippen LogP contribution in [0.2, 0.25) is 0 Å². The molecule has 0 radical (unpaired) electrons. The second-order valence-corrected chi connectivity index (χ2v) is 5.37. The molecule has 0 N–H and O–H groups in total. The van der Waals surface area contributed by atoms with Crippen LogP contribution in [0.4, 0.5) is 0 Å². The molecule has 0 aliphatic carbocycles. The lowest BCUT2D eigenvalue weighted by Gasteiger charge is -1.98. The molecular formula is C19H24N2. The van der Waals surface area contributed by atoms with Crippen LogP contribution in [-0.2, 0) is 19.9 Å². The summed E-state index contributed by atoms with van der Waals surface area (Å²) in [5.74, 6) is 0. The van der Waals surface area contributed by atoms with Crippen LogP contribution in [0.15, 0.2) is 48.8 Å². The molecule has 0 bridgehead atoms. The predicted molar refractivity (Wildman–Crippen MR) is 90.6 cm³/mol. The number of hydrogen-bond donors (Lipinski definition) is 0. The number of aryl methyl sites for hydroxylation is 4. The van der Waals surface area contributed by atoms with Crippen molar-refractivity contribution in [3.63, 3.8) is 0 Å². The maximum Gasteiger partial charge on any atom is 0.0955 e. The van der Waals surface area contributed by atoms with E-state index in [1.54, 1.807) is 0 Å². The average molecular weight is 280 g/mol. The summed E-state index contributed by atoms with van der Waals surface area (Å²) in [6.45, 7) is 6.46. The molecule has 0 aliphatic rings. The van der Waals surface area contributed by atoms with E-state index < -0.39 is 0 Å². The molecule has 0 saturated carbocycles. The molecule has 3 rings (SSSR count). The third-order valence-corrected chi connectivity index (χ3v) is 3.69. The average Bonchev–Trinajstić information content (AvgIpc) is 2.88. The first kappa shape index (κ1) is 15.3. The van der Waals surface area contributed by atoms with Gasteiger partial charge in [0.15, 0.2) is 0 Å². The molecule has 0 amide bonds. The quantitative estimate of drug-likeness (QED) is 0.665. The summed E-state index contributed by atoms with van der Waals surface area (Å²) < 4.78 is 2.02. The first-order valence-corrected chi connectivity index (χ1v) is 7.59. The highest BCUT2D eigenvalue weighted by Crippen LogP contribution is 2.12. The molecule has 0 aliphatic heterocycles. The number of aromatic nitrogens is 2. The summed E-state index contributed by atoms with van der Waals surface area (Å²) in [4.78, 5) is 4.24. The van der Waals surface area contributed by atoms with Crippen molar-refractivity contribution in [1.82, 2.24) is 9.55 Å². The molecule has 0 fully saturated rings. The third kappa shape index (κ3) is 3.94. The monoisotopic (exact) mass is 280 g/mol. The number of imidazole rings is 1. The van der Waals surface area contributed by atoms with Gasteiger partial charge in [-0.3, -0.25) is 0 Å². The lowest BCUT2D eigenvalue weighted by Crippen LogP contribution is -1.83. The van der Waals surface area contributed by atoms with Crippen LogP contribution >= 0.6 is 0 Å². The first-order valence-electron chi connectivity index (χ1n) is 7.59. The van der Waals surface area contributed by atoms with Crippen LogP contribution in [0.25, 0.3) is 11.0 Å². The fourth-order valence-corrected chi connectivity index (χ4v) is 2.32. The maximum atomic E-state index is 4.24. The zero-order valence-corrected chi connectivity index (χ0v) is 13.4. The van der Waals surface area contributed by atoms with Crippen molar-refractivity contribution < 1.29 is 0 Å². The number of rotatable bonds is 2. The Morgan fingerprint density at radius 2 is 1.62 bits per heavy atom. The van der Waals surface area contributed by atoms with Crippen molar-refractivity contribution in [3.8, 4) is 0 Å². The molecule has 110 valence electrons. The highest BCUT2D eigenvalue weighted by atomic mass is 15.0. The minimum atomic E-state index is 1.08. The van der Waals surface area contributed by atoms with Crippen LogP contribution in [0.3, 0.4) is 0 Å². The molecule has 0 atom stereocenters. The van der Waals surface area contributed by atoms with Crippen molar-refractivity contribution in [2.45, 2.75) is 33.6 Å². The van der Waals surface area contributed by atoms with Crippen molar-refractivity contribution >= 4 is 11.0 Å². The predicted octanol–water partition coefficient (Wildman–Crippen LogP) is 4.69. The van der Waals surface area contributed by atoms with Gasteiger partial charge in [-0.2, -0.15) is 0 Å². The van der Waals surface area contributed by atoms with Crippen LogP contribution < -0.4 is 0 Å². The van der Waals surface area contributed by atoms with E-state index in [4.69, 9.17) is 0 Å². The minimum Gasteiger partial charge on any atom is -0.334 e. The number of benzene rings is 2. The lowest BCUT2D eigenvalue weighted by atomic mass is 10.1. The molecule has 3 aromatic rings. The van der Waals surface area contributed by atoms with Gasteiger partial charge in [-0.05, 0) is 48.6 Å². The summed E-state index contributed by atoms with van der Waals surface area (Å²) in [6, 6.07) is 15.1. The summed E-state index contributed by atoms with van der Waals surface area (Å²) in [6.07, 6.45) is 4.13. The van der Waals surface area contributed by atoms with Crippen LogP contribution in [0, 0.1) is 6.92 Å². The fraction of sp³-hybridized carbons (Fsp3) is 0.316. The van der Waals surface area contributed by atoms with Crippen molar-refractivity contribution in [1.29, 1.82) is 0 Å². The molecule has 1 aromatic heterocycles. The summed E-state index contributed by atoms with van der Waals surface area (Å²) in [5, 5.41) is 0. The number of hydrogen-bond acceptors (Lipinski definition) is 1. The second-order valence-electron chi connectivity index (χ2n) is 5.37. The van der Waals surface area contributed by atoms with Gasteiger partial charge in [0.25, 0.3) is 0 Å². The summed E-state index contributed by atoms with van der Waals surface area (Å²) >= 11 is 0. The summed E-state index contributed by atoms with van der Waals surface area (Å²) in [7, 11) is 2.00. The van der Waals surface area contributed by atoms with E-state index in [2.05, 4.69) is 68.2 Å². The van der Waals surface area contributed by atoms with Crippen LogP contribution in [-0.4, -0.2) is 9.55 Å². The van der Waals surface area contributed by atoms with Gasteiger partial charge in [0.1, 0.15) is 0 Å². The van der Waals surface area contributed by atoms with E-state index in [1.165, 1.54) is 22.2 Å². The minimum absolute atomic E-state index is 1.08. The summed E-state index contributed by atoms with van der Waals surface area (Å²) in [5.41, 5.74) is 6.41. The van der Waals surface area contributed by atoms with Crippen molar-refractivity contribution in [2.24, 2.45) is 7.05 Å². The Balaban J connectivity index is 0.000000155. The van der Waals surface area contributed by atoms with Gasteiger partial charge >= 0.3 is 0 Å². The van der Waals surface area contributed by atoms with E-state index in [-0.39, 0.29) is 0 Å². The molecule has 0 spiro atoms. The Bertz CT molecular complexity index is 691. The SMILES string of the molecule is CCc1cccc(CC)c1.Cc1ccc2c(c1)ncn2C. The van der Waals surface area contributed by atoms with Crippen LogP contribution in [0.1, 0.15) is 30.5 Å². The van der Waals surface area contributed by atoms with Gasteiger partial charge in [-0.1, -0.05) is 44.2 Å². The topological polar surface area (TPSA) is 17.8 Å². The van der Waals surface area contributed by atoms with Gasteiger partial charge < -0.3 is 4.57 Å². The maximum absolute atomic E-state index is 4.24. The van der Waals surface area contributed by atoms with E-state index in [0.29, 0.717) is 0 Å². The molecule has 1 heterocycles. The van der Waals surface area contributed by atoms with Gasteiger partial charge in [0.2, 0.25) is 0 Å². The Labute approximate surface area is 127 Å². The normalized spacial score (nSPS) is 10.3. The lowest BCUT2D eigenvalue weighted by molar-refractivity contribution is 0.947. The molecule has 2 aromatic carbocycles. The molecule has 0 saturated heterocycles. The van der Waals surface area contributed by atoms with E-state index in [9.17, 15) is 0 Å². The molecule has 21 heavy (non-hydrogen) atoms. The van der Waals surface area contributed by atoms with Gasteiger partial charge in [-0.25, -0.2) is 4.98 Å². The second kappa shape index (κ2) is 7.07. The zero-order valence-electron chi connectivity index (χ0n) is 13.4. The molecule has 2 nitrogen and oxygen atoms in total. The van der Waals surface area contributed by atoms with Crippen molar-refractivity contribution in [3.05, 3.63) is 65.5 Å². The standard InChI is InChI=1S/C10H14.C9H10N2/c1-3-9-6-5-7-10(4-2)8-9;1-7-3-4-9-8(5-7)10-6-11(9)2/h5-8H,3-4H2,1-2H3;3-6H,1-2H3. The van der Waals surface area contributed by atoms with Gasteiger partial charge in [-0.15, -0.1) is 0 Å². The van der Waals surface area contributed by atoms with Crippen molar-refractivity contribution in [2.75, 3.05) is 0 Å². The smallest absolute Gasteiger partial charge is 0.0955 e. The Hall–Kier alpha value is -2.09. The van der Waals surface area contributed by atoms with E-state index in [1.807, 2.05) is 17.9 Å². The first-order chi connectivity index (χ1) is 10.1. The number of nitrogens with zero attached hydrogens (tertiary/aromatic N) is 2. The Kier molecular flexibility index (Phi) is 5.15. The highest BCUT2D eigenvalue weighted by Gasteiger charge is 1.97. The molecular weight excluding hydrogens is 256 g/mol. The Morgan fingerprint density at radius 3 is 2.24 bits per heavy atom. The van der Waals surface area contributed by atoms with Gasteiger partial charge in [0.05, 0.1) is 17.4 Å². The van der Waals surface area contributed by atoms with Crippen LogP contribution in [0.5, 0.6) is 0 Å². The van der Waals surface area contributed by atoms with E-state index in [0.717, 1.165) is 18.4 Å². The highest BCUT2D eigenvalue weighted by molar-refractivity contribution is 5.75. The molecule has 2 heteroatoms. The largest absolute Gasteiger partial charge is 0.334 e. The zero-order chi connectivity index (χ0) is 15.2. The van der Waals surface area contributed by atoms with Gasteiger partial charge in [0, 0.05) is 7.05 Å². The third-order valence-electron chi connectivity index (χ3n) is 3.69. The molecule has 0 unspecified atom stereocenters. The Morgan fingerprint density at radius 1 is 0.952 bits per heavy atom. The number of fused-ring (bicyclic) bond motifs is 1. The fourth-order valence-electron chi connectivity index (χ4n) is 2.32.